The summed E-state index contributed by atoms with van der Waals surface area (Å²) in [5.74, 6) is 0.977. The maximum atomic E-state index is 5.76. The van der Waals surface area contributed by atoms with Crippen LogP contribution in [0.25, 0.3) is 0 Å². The van der Waals surface area contributed by atoms with E-state index in [1.54, 1.807) is 0 Å². The van der Waals surface area contributed by atoms with Gasteiger partial charge >= 0.3 is 0 Å². The molecule has 2 unspecified atom stereocenters. The van der Waals surface area contributed by atoms with Crippen molar-refractivity contribution < 1.29 is 4.74 Å². The zero-order valence-electron chi connectivity index (χ0n) is 12.8. The van der Waals surface area contributed by atoms with Crippen LogP contribution >= 0.6 is 0 Å². The van der Waals surface area contributed by atoms with Crippen LogP contribution in [0.2, 0.25) is 0 Å². The van der Waals surface area contributed by atoms with Crippen molar-refractivity contribution in [3.8, 4) is 5.75 Å². The summed E-state index contributed by atoms with van der Waals surface area (Å²) in [6, 6.07) is 11.4. The molecular weight excluding hydrogens is 248 g/mol. The summed E-state index contributed by atoms with van der Waals surface area (Å²) in [7, 11) is 0. The highest BCUT2D eigenvalue weighted by atomic mass is 16.5. The summed E-state index contributed by atoms with van der Waals surface area (Å²) < 4.78 is 5.76. The molecule has 0 radical (unpaired) electrons. The molecule has 112 valence electrons. The molecule has 0 amide bonds. The number of para-hydroxylation sites is 1. The summed E-state index contributed by atoms with van der Waals surface area (Å²) in [6.45, 7) is 8.81. The molecule has 2 atom stereocenters. The topological polar surface area (TPSA) is 24.5 Å². The van der Waals surface area contributed by atoms with Gasteiger partial charge in [-0.25, -0.2) is 0 Å². The van der Waals surface area contributed by atoms with Gasteiger partial charge in [0.15, 0.2) is 0 Å². The molecule has 0 aromatic heterocycles. The summed E-state index contributed by atoms with van der Waals surface area (Å²) in [6.07, 6.45) is 3.64. The van der Waals surface area contributed by atoms with Crippen LogP contribution in [-0.4, -0.2) is 43.2 Å². The van der Waals surface area contributed by atoms with Gasteiger partial charge in [0.1, 0.15) is 5.75 Å². The van der Waals surface area contributed by atoms with Gasteiger partial charge in [0.05, 0.1) is 6.61 Å². The number of rotatable bonds is 7. The number of piperazine rings is 1. The molecule has 1 aliphatic rings. The lowest BCUT2D eigenvalue weighted by molar-refractivity contribution is 0.128. The highest BCUT2D eigenvalue weighted by Gasteiger charge is 2.23. The Morgan fingerprint density at radius 2 is 2.10 bits per heavy atom. The van der Waals surface area contributed by atoms with Crippen molar-refractivity contribution in [3.05, 3.63) is 30.3 Å². The van der Waals surface area contributed by atoms with Crippen LogP contribution in [0, 0.1) is 0 Å². The SMILES string of the molecule is CCCC1CN(CCCOc2ccccc2)C(C)CN1. The fraction of sp³-hybridized carbons (Fsp3) is 0.647. The molecule has 2 rings (SSSR count). The number of ether oxygens (including phenoxy) is 1. The molecule has 20 heavy (non-hydrogen) atoms. The Bertz CT molecular complexity index is 369. The van der Waals surface area contributed by atoms with E-state index in [2.05, 4.69) is 24.1 Å². The van der Waals surface area contributed by atoms with E-state index in [1.807, 2.05) is 30.3 Å². The Morgan fingerprint density at radius 3 is 2.85 bits per heavy atom. The van der Waals surface area contributed by atoms with E-state index >= 15 is 0 Å². The van der Waals surface area contributed by atoms with Crippen molar-refractivity contribution in [2.45, 2.75) is 45.2 Å². The third-order valence-corrected chi connectivity index (χ3v) is 4.02. The molecule has 1 fully saturated rings. The number of benzene rings is 1. The molecular formula is C17H28N2O. The van der Waals surface area contributed by atoms with Gasteiger partial charge in [-0.3, -0.25) is 4.90 Å². The Kier molecular flexibility index (Phi) is 6.34. The molecule has 1 aromatic carbocycles. The van der Waals surface area contributed by atoms with Crippen molar-refractivity contribution >= 4 is 0 Å². The highest BCUT2D eigenvalue weighted by molar-refractivity contribution is 5.20. The summed E-state index contributed by atoms with van der Waals surface area (Å²) in [5, 5.41) is 3.64. The fourth-order valence-corrected chi connectivity index (χ4v) is 2.82. The van der Waals surface area contributed by atoms with Crippen molar-refractivity contribution in [3.63, 3.8) is 0 Å². The van der Waals surface area contributed by atoms with Crippen molar-refractivity contribution in [2.24, 2.45) is 0 Å². The maximum absolute atomic E-state index is 5.76. The van der Waals surface area contributed by atoms with Gasteiger partial charge in [0.2, 0.25) is 0 Å². The molecule has 1 aromatic rings. The minimum Gasteiger partial charge on any atom is -0.494 e. The van der Waals surface area contributed by atoms with E-state index < -0.39 is 0 Å². The third kappa shape index (κ3) is 4.80. The molecule has 0 bridgehead atoms. The molecule has 0 saturated carbocycles. The monoisotopic (exact) mass is 276 g/mol. The van der Waals surface area contributed by atoms with Crippen molar-refractivity contribution in [1.82, 2.24) is 10.2 Å². The second kappa shape index (κ2) is 8.28. The van der Waals surface area contributed by atoms with Crippen LogP contribution in [0.1, 0.15) is 33.1 Å². The second-order valence-electron chi connectivity index (χ2n) is 5.75. The average Bonchev–Trinajstić information content (AvgIpc) is 2.48. The Balaban J connectivity index is 1.67. The maximum Gasteiger partial charge on any atom is 0.119 e. The van der Waals surface area contributed by atoms with Gasteiger partial charge in [0.25, 0.3) is 0 Å². The molecule has 3 nitrogen and oxygen atoms in total. The number of hydrogen-bond acceptors (Lipinski definition) is 3. The van der Waals surface area contributed by atoms with E-state index in [0.29, 0.717) is 12.1 Å². The van der Waals surface area contributed by atoms with E-state index in [1.165, 1.54) is 19.4 Å². The van der Waals surface area contributed by atoms with Gasteiger partial charge in [-0.2, -0.15) is 0 Å². The van der Waals surface area contributed by atoms with E-state index in [-0.39, 0.29) is 0 Å². The molecule has 0 aliphatic carbocycles. The number of nitrogens with zero attached hydrogens (tertiary/aromatic N) is 1. The minimum atomic E-state index is 0.639. The molecule has 1 aliphatic heterocycles. The minimum absolute atomic E-state index is 0.639. The molecule has 3 heteroatoms. The average molecular weight is 276 g/mol. The van der Waals surface area contributed by atoms with Crippen molar-refractivity contribution in [2.75, 3.05) is 26.2 Å². The molecule has 1 heterocycles. The standard InChI is InChI=1S/C17H28N2O/c1-3-8-16-14-19(15(2)13-18-16)11-7-12-20-17-9-5-4-6-10-17/h4-6,9-10,15-16,18H,3,7-8,11-14H2,1-2H3. The quantitative estimate of drug-likeness (QED) is 0.775. The predicted octanol–water partition coefficient (Wildman–Crippen LogP) is 2.92. The van der Waals surface area contributed by atoms with E-state index in [4.69, 9.17) is 4.74 Å². The lowest BCUT2D eigenvalue weighted by Gasteiger charge is -2.38. The van der Waals surface area contributed by atoms with Gasteiger partial charge in [-0.15, -0.1) is 0 Å². The van der Waals surface area contributed by atoms with Crippen molar-refractivity contribution in [1.29, 1.82) is 0 Å². The van der Waals surface area contributed by atoms with E-state index in [9.17, 15) is 0 Å². The van der Waals surface area contributed by atoms with Crippen LogP contribution in [0.4, 0.5) is 0 Å². The largest absolute Gasteiger partial charge is 0.494 e. The Morgan fingerprint density at radius 1 is 1.30 bits per heavy atom. The summed E-state index contributed by atoms with van der Waals surface area (Å²) in [4.78, 5) is 2.60. The Labute approximate surface area is 123 Å². The van der Waals surface area contributed by atoms with Crippen LogP contribution in [0.15, 0.2) is 30.3 Å². The van der Waals surface area contributed by atoms with Crippen LogP contribution in [-0.2, 0) is 0 Å². The zero-order valence-corrected chi connectivity index (χ0v) is 12.8. The second-order valence-corrected chi connectivity index (χ2v) is 5.75. The number of hydrogen-bond donors (Lipinski definition) is 1. The molecule has 1 N–H and O–H groups in total. The number of nitrogens with one attached hydrogen (secondary N) is 1. The first kappa shape index (κ1) is 15.3. The normalized spacial score (nSPS) is 23.7. The van der Waals surface area contributed by atoms with Crippen LogP contribution < -0.4 is 10.1 Å². The van der Waals surface area contributed by atoms with Gasteiger partial charge < -0.3 is 10.1 Å². The lowest BCUT2D eigenvalue weighted by atomic mass is 10.1. The lowest BCUT2D eigenvalue weighted by Crippen LogP contribution is -2.55. The first-order chi connectivity index (χ1) is 9.79. The fourth-order valence-electron chi connectivity index (χ4n) is 2.82. The van der Waals surface area contributed by atoms with Gasteiger partial charge in [-0.05, 0) is 31.9 Å². The summed E-state index contributed by atoms with van der Waals surface area (Å²) in [5.41, 5.74) is 0. The first-order valence-electron chi connectivity index (χ1n) is 7.95. The van der Waals surface area contributed by atoms with E-state index in [0.717, 1.165) is 31.9 Å². The van der Waals surface area contributed by atoms with Crippen LogP contribution in [0.3, 0.4) is 0 Å². The highest BCUT2D eigenvalue weighted by Crippen LogP contribution is 2.12. The Hall–Kier alpha value is -1.06. The first-order valence-corrected chi connectivity index (χ1v) is 7.95. The zero-order chi connectivity index (χ0) is 14.2. The van der Waals surface area contributed by atoms with Crippen LogP contribution in [0.5, 0.6) is 5.75 Å². The van der Waals surface area contributed by atoms with Gasteiger partial charge in [0, 0.05) is 31.7 Å². The summed E-state index contributed by atoms with van der Waals surface area (Å²) >= 11 is 0. The predicted molar refractivity (Wildman–Crippen MR) is 84.3 cm³/mol. The molecule has 0 spiro atoms. The van der Waals surface area contributed by atoms with Gasteiger partial charge in [-0.1, -0.05) is 31.5 Å². The third-order valence-electron chi connectivity index (χ3n) is 4.02. The smallest absolute Gasteiger partial charge is 0.119 e. The molecule has 1 saturated heterocycles.